The summed E-state index contributed by atoms with van der Waals surface area (Å²) in [6.07, 6.45) is 5.11. The van der Waals surface area contributed by atoms with Gasteiger partial charge in [-0.05, 0) is 69.3 Å². The smallest absolute Gasteiger partial charge is 0.122 e. The Hall–Kier alpha value is -1.02. The van der Waals surface area contributed by atoms with E-state index in [1.54, 1.807) is 0 Å². The maximum absolute atomic E-state index is 5.96. The molecule has 1 fully saturated rings. The molecule has 1 heterocycles. The molecule has 1 unspecified atom stereocenters. The zero-order chi connectivity index (χ0) is 13.0. The number of ether oxygens (including phenoxy) is 1. The number of piperidine rings is 1. The second-order valence-corrected chi connectivity index (χ2v) is 5.49. The molecule has 0 spiro atoms. The molecule has 0 aromatic heterocycles. The molecule has 2 rings (SSSR count). The van der Waals surface area contributed by atoms with Gasteiger partial charge in [-0.3, -0.25) is 0 Å². The number of rotatable bonds is 4. The van der Waals surface area contributed by atoms with Gasteiger partial charge in [0.2, 0.25) is 0 Å². The van der Waals surface area contributed by atoms with Gasteiger partial charge < -0.3 is 10.1 Å². The third kappa shape index (κ3) is 3.49. The van der Waals surface area contributed by atoms with Crippen LogP contribution in [0.1, 0.15) is 42.4 Å². The number of benzene rings is 1. The number of aryl methyl sites for hydroxylation is 2. The topological polar surface area (TPSA) is 21.3 Å². The summed E-state index contributed by atoms with van der Waals surface area (Å²) in [7, 11) is 0. The van der Waals surface area contributed by atoms with E-state index in [2.05, 4.69) is 38.2 Å². The zero-order valence-electron chi connectivity index (χ0n) is 11.9. The molecule has 0 bridgehead atoms. The van der Waals surface area contributed by atoms with E-state index >= 15 is 0 Å². The Bertz CT molecular complexity index is 394. The normalized spacial score (nSPS) is 19.8. The van der Waals surface area contributed by atoms with Gasteiger partial charge in [0.05, 0.1) is 6.61 Å². The van der Waals surface area contributed by atoms with Crippen molar-refractivity contribution in [2.24, 2.45) is 0 Å². The Labute approximate surface area is 111 Å². The quantitative estimate of drug-likeness (QED) is 0.879. The third-order valence-corrected chi connectivity index (χ3v) is 3.90. The van der Waals surface area contributed by atoms with Crippen molar-refractivity contribution in [1.29, 1.82) is 0 Å². The van der Waals surface area contributed by atoms with Crippen LogP contribution in [0.2, 0.25) is 0 Å². The molecule has 2 heteroatoms. The maximum atomic E-state index is 5.96. The highest BCUT2D eigenvalue weighted by Crippen LogP contribution is 2.23. The Morgan fingerprint density at radius 2 is 2.06 bits per heavy atom. The van der Waals surface area contributed by atoms with Crippen molar-refractivity contribution in [1.82, 2.24) is 5.32 Å². The average molecular weight is 247 g/mol. The van der Waals surface area contributed by atoms with E-state index < -0.39 is 0 Å². The van der Waals surface area contributed by atoms with Crippen LogP contribution >= 0.6 is 0 Å². The molecule has 0 aliphatic carbocycles. The lowest BCUT2D eigenvalue weighted by atomic mass is 10.0. The summed E-state index contributed by atoms with van der Waals surface area (Å²) in [6, 6.07) is 5.02. The molecule has 0 saturated carbocycles. The van der Waals surface area contributed by atoms with Gasteiger partial charge >= 0.3 is 0 Å². The minimum atomic E-state index is 0.657. The van der Waals surface area contributed by atoms with Crippen LogP contribution in [0, 0.1) is 20.8 Å². The Balaban J connectivity index is 1.86. The molecule has 1 aliphatic rings. The Morgan fingerprint density at radius 3 is 2.78 bits per heavy atom. The van der Waals surface area contributed by atoms with E-state index in [1.165, 1.54) is 42.5 Å². The zero-order valence-corrected chi connectivity index (χ0v) is 11.9. The minimum Gasteiger partial charge on any atom is -0.493 e. The van der Waals surface area contributed by atoms with Crippen molar-refractivity contribution in [2.45, 2.75) is 52.5 Å². The second-order valence-electron chi connectivity index (χ2n) is 5.49. The highest BCUT2D eigenvalue weighted by molar-refractivity contribution is 5.41. The molecule has 1 atom stereocenters. The molecule has 1 saturated heterocycles. The molecule has 18 heavy (non-hydrogen) atoms. The van der Waals surface area contributed by atoms with Gasteiger partial charge in [-0.1, -0.05) is 12.5 Å². The van der Waals surface area contributed by atoms with Gasteiger partial charge in [0.15, 0.2) is 0 Å². The molecule has 0 radical (unpaired) electrons. The van der Waals surface area contributed by atoms with Crippen molar-refractivity contribution in [2.75, 3.05) is 13.2 Å². The summed E-state index contributed by atoms with van der Waals surface area (Å²) < 4.78 is 5.96. The van der Waals surface area contributed by atoms with Gasteiger partial charge in [0.1, 0.15) is 5.75 Å². The summed E-state index contributed by atoms with van der Waals surface area (Å²) in [6.45, 7) is 8.41. The summed E-state index contributed by atoms with van der Waals surface area (Å²) in [5.74, 6) is 1.06. The van der Waals surface area contributed by atoms with Crippen molar-refractivity contribution >= 4 is 0 Å². The van der Waals surface area contributed by atoms with Crippen molar-refractivity contribution in [3.05, 3.63) is 28.8 Å². The largest absolute Gasteiger partial charge is 0.493 e. The summed E-state index contributed by atoms with van der Waals surface area (Å²) in [5.41, 5.74) is 3.88. The van der Waals surface area contributed by atoms with Crippen LogP contribution in [-0.4, -0.2) is 19.2 Å². The molecule has 100 valence electrons. The molecule has 2 nitrogen and oxygen atoms in total. The van der Waals surface area contributed by atoms with Crippen molar-refractivity contribution in [3.63, 3.8) is 0 Å². The molecule has 1 aromatic carbocycles. The van der Waals surface area contributed by atoms with E-state index in [9.17, 15) is 0 Å². The maximum Gasteiger partial charge on any atom is 0.122 e. The second kappa shape index (κ2) is 6.24. The fourth-order valence-electron chi connectivity index (χ4n) is 2.63. The van der Waals surface area contributed by atoms with Gasteiger partial charge in [-0.25, -0.2) is 0 Å². The number of hydrogen-bond donors (Lipinski definition) is 1. The van der Waals surface area contributed by atoms with Crippen LogP contribution in [0.15, 0.2) is 12.1 Å². The lowest BCUT2D eigenvalue weighted by molar-refractivity contribution is 0.266. The molecule has 0 amide bonds. The average Bonchev–Trinajstić information content (AvgIpc) is 2.36. The van der Waals surface area contributed by atoms with E-state index in [0.29, 0.717) is 6.04 Å². The van der Waals surface area contributed by atoms with Crippen LogP contribution < -0.4 is 10.1 Å². The highest BCUT2D eigenvalue weighted by atomic mass is 16.5. The summed E-state index contributed by atoms with van der Waals surface area (Å²) in [4.78, 5) is 0. The number of hydrogen-bond acceptors (Lipinski definition) is 2. The summed E-state index contributed by atoms with van der Waals surface area (Å²) >= 11 is 0. The predicted molar refractivity (Wildman–Crippen MR) is 76.4 cm³/mol. The van der Waals surface area contributed by atoms with Gasteiger partial charge in [-0.15, -0.1) is 0 Å². The van der Waals surface area contributed by atoms with E-state index in [4.69, 9.17) is 4.74 Å². The van der Waals surface area contributed by atoms with E-state index in [1.807, 2.05) is 0 Å². The van der Waals surface area contributed by atoms with Crippen molar-refractivity contribution in [3.8, 4) is 5.75 Å². The predicted octanol–water partition coefficient (Wildman–Crippen LogP) is 3.52. The molecule has 1 aromatic rings. The van der Waals surface area contributed by atoms with Gasteiger partial charge in [-0.2, -0.15) is 0 Å². The van der Waals surface area contributed by atoms with Crippen molar-refractivity contribution < 1.29 is 4.74 Å². The van der Waals surface area contributed by atoms with Crippen LogP contribution in [0.5, 0.6) is 5.75 Å². The number of nitrogens with one attached hydrogen (secondary N) is 1. The van der Waals surface area contributed by atoms with Gasteiger partial charge in [0.25, 0.3) is 0 Å². The first-order chi connectivity index (χ1) is 8.66. The molecular weight excluding hydrogens is 222 g/mol. The molecule has 1 aliphatic heterocycles. The Morgan fingerprint density at radius 1 is 1.22 bits per heavy atom. The first-order valence-corrected chi connectivity index (χ1v) is 7.11. The van der Waals surface area contributed by atoms with E-state index in [-0.39, 0.29) is 0 Å². The highest BCUT2D eigenvalue weighted by Gasteiger charge is 2.12. The first-order valence-electron chi connectivity index (χ1n) is 7.11. The SMILES string of the molecule is Cc1cc(C)c(C)c(OCCC2CCCCN2)c1. The van der Waals surface area contributed by atoms with Crippen LogP contribution in [-0.2, 0) is 0 Å². The fourth-order valence-corrected chi connectivity index (χ4v) is 2.63. The Kier molecular flexibility index (Phi) is 4.65. The molecular formula is C16H25NO. The molecule has 1 N–H and O–H groups in total. The summed E-state index contributed by atoms with van der Waals surface area (Å²) in [5, 5.41) is 3.56. The van der Waals surface area contributed by atoms with Gasteiger partial charge in [0, 0.05) is 6.04 Å². The van der Waals surface area contributed by atoms with Crippen LogP contribution in [0.4, 0.5) is 0 Å². The standard InChI is InChI=1S/C16H25NO/c1-12-10-13(2)14(3)16(11-12)18-9-7-15-6-4-5-8-17-15/h10-11,15,17H,4-9H2,1-3H3. The van der Waals surface area contributed by atoms with Crippen LogP contribution in [0.3, 0.4) is 0 Å². The first kappa shape index (κ1) is 13.4. The fraction of sp³-hybridized carbons (Fsp3) is 0.625. The lowest BCUT2D eigenvalue weighted by Gasteiger charge is -2.23. The monoisotopic (exact) mass is 247 g/mol. The lowest BCUT2D eigenvalue weighted by Crippen LogP contribution is -2.35. The minimum absolute atomic E-state index is 0.657. The third-order valence-electron chi connectivity index (χ3n) is 3.90. The van der Waals surface area contributed by atoms with Crippen LogP contribution in [0.25, 0.3) is 0 Å². The van der Waals surface area contributed by atoms with E-state index in [0.717, 1.165) is 18.8 Å².